The molecule has 19 heavy (non-hydrogen) atoms. The molecular formula is C13H25N3O3. The molecule has 1 aliphatic heterocycles. The Balaban J connectivity index is 2.33. The number of nitrogens with one attached hydrogen (secondary N) is 1. The largest absolute Gasteiger partial charge is 0.395 e. The maximum absolute atomic E-state index is 12.0. The molecule has 0 aliphatic carbocycles. The third kappa shape index (κ3) is 5.16. The molecule has 0 aromatic rings. The van der Waals surface area contributed by atoms with Crippen LogP contribution in [0.4, 0.5) is 0 Å². The van der Waals surface area contributed by atoms with Crippen LogP contribution in [-0.2, 0) is 9.59 Å². The number of likely N-dealkylation sites (tertiary alicyclic amines) is 1. The number of nitrogens with zero attached hydrogens (tertiary/aromatic N) is 2. The van der Waals surface area contributed by atoms with Crippen molar-refractivity contribution < 1.29 is 14.7 Å². The molecule has 0 aromatic carbocycles. The second-order valence-corrected chi connectivity index (χ2v) is 5.05. The molecule has 6 heteroatoms. The number of likely N-dealkylation sites (N-methyl/N-ethyl adjacent to an activating group) is 1. The third-order valence-corrected chi connectivity index (χ3v) is 3.43. The van der Waals surface area contributed by atoms with E-state index in [-0.39, 0.29) is 37.6 Å². The summed E-state index contributed by atoms with van der Waals surface area (Å²) in [5.74, 6) is -0.204. The van der Waals surface area contributed by atoms with Gasteiger partial charge in [0.05, 0.1) is 19.7 Å². The molecule has 1 aliphatic rings. The number of hydrogen-bond donors (Lipinski definition) is 2. The molecule has 0 spiro atoms. The summed E-state index contributed by atoms with van der Waals surface area (Å²) >= 11 is 0. The van der Waals surface area contributed by atoms with E-state index < -0.39 is 0 Å². The first-order valence-corrected chi connectivity index (χ1v) is 6.94. The van der Waals surface area contributed by atoms with Crippen molar-refractivity contribution in [1.29, 1.82) is 0 Å². The molecule has 1 fully saturated rings. The van der Waals surface area contributed by atoms with E-state index in [2.05, 4.69) is 5.32 Å². The molecule has 0 unspecified atom stereocenters. The Morgan fingerprint density at radius 3 is 2.84 bits per heavy atom. The smallest absolute Gasteiger partial charge is 0.239 e. The molecule has 6 nitrogen and oxygen atoms in total. The van der Waals surface area contributed by atoms with E-state index in [1.165, 1.54) is 4.90 Å². The molecule has 110 valence electrons. The third-order valence-electron chi connectivity index (χ3n) is 3.43. The standard InChI is InChI=1S/C13H25N3O3/c1-3-6-14-12(18)8-15(2)13(19)9-16-7-4-5-11(16)10-17/h11,17H,3-10H2,1-2H3,(H,14,18)/t11-/m0/s1. The Kier molecular flexibility index (Phi) is 6.80. The molecular weight excluding hydrogens is 246 g/mol. The highest BCUT2D eigenvalue weighted by atomic mass is 16.3. The van der Waals surface area contributed by atoms with E-state index >= 15 is 0 Å². The zero-order valence-electron chi connectivity index (χ0n) is 11.9. The summed E-state index contributed by atoms with van der Waals surface area (Å²) in [7, 11) is 1.64. The van der Waals surface area contributed by atoms with Gasteiger partial charge in [0.25, 0.3) is 0 Å². The van der Waals surface area contributed by atoms with Crippen LogP contribution in [0.2, 0.25) is 0 Å². The predicted octanol–water partition coefficient (Wildman–Crippen LogP) is -0.572. The van der Waals surface area contributed by atoms with E-state index in [0.29, 0.717) is 6.54 Å². The Labute approximate surface area is 114 Å². The number of hydrogen-bond acceptors (Lipinski definition) is 4. The van der Waals surface area contributed by atoms with Gasteiger partial charge < -0.3 is 15.3 Å². The van der Waals surface area contributed by atoms with Crippen molar-refractivity contribution in [3.05, 3.63) is 0 Å². The molecule has 0 bridgehead atoms. The number of carbonyl (C=O) groups is 2. The van der Waals surface area contributed by atoms with Crippen molar-refractivity contribution in [2.75, 3.05) is 39.8 Å². The number of aliphatic hydroxyl groups excluding tert-OH is 1. The Bertz CT molecular complexity index is 310. The van der Waals surface area contributed by atoms with Crippen LogP contribution in [0, 0.1) is 0 Å². The Hall–Kier alpha value is -1.14. The van der Waals surface area contributed by atoms with E-state index in [9.17, 15) is 14.7 Å². The van der Waals surface area contributed by atoms with Gasteiger partial charge in [-0.15, -0.1) is 0 Å². The summed E-state index contributed by atoms with van der Waals surface area (Å²) in [6, 6.07) is 0.0891. The van der Waals surface area contributed by atoms with Crippen molar-refractivity contribution in [3.8, 4) is 0 Å². The summed E-state index contributed by atoms with van der Waals surface area (Å²) in [4.78, 5) is 26.9. The van der Waals surface area contributed by atoms with E-state index in [1.807, 2.05) is 11.8 Å². The van der Waals surface area contributed by atoms with Gasteiger partial charge in [-0.1, -0.05) is 6.92 Å². The summed E-state index contributed by atoms with van der Waals surface area (Å²) in [6.45, 7) is 3.93. The second-order valence-electron chi connectivity index (χ2n) is 5.05. The number of aliphatic hydroxyl groups is 1. The second kappa shape index (κ2) is 8.12. The minimum absolute atomic E-state index is 0.0769. The fourth-order valence-electron chi connectivity index (χ4n) is 2.23. The van der Waals surface area contributed by atoms with Gasteiger partial charge >= 0.3 is 0 Å². The van der Waals surface area contributed by atoms with Gasteiger partial charge in [0.1, 0.15) is 0 Å². The van der Waals surface area contributed by atoms with Crippen molar-refractivity contribution in [1.82, 2.24) is 15.1 Å². The molecule has 0 radical (unpaired) electrons. The van der Waals surface area contributed by atoms with Gasteiger partial charge in [-0.3, -0.25) is 14.5 Å². The molecule has 2 amide bonds. The molecule has 2 N–H and O–H groups in total. The van der Waals surface area contributed by atoms with Crippen LogP contribution in [0.3, 0.4) is 0 Å². The van der Waals surface area contributed by atoms with Gasteiger partial charge in [0, 0.05) is 19.6 Å². The van der Waals surface area contributed by atoms with Crippen LogP contribution in [0.5, 0.6) is 0 Å². The summed E-state index contributed by atoms with van der Waals surface area (Å²) in [5.41, 5.74) is 0. The van der Waals surface area contributed by atoms with Crippen LogP contribution in [0.25, 0.3) is 0 Å². The van der Waals surface area contributed by atoms with Crippen molar-refractivity contribution in [2.45, 2.75) is 32.2 Å². The molecule has 0 saturated carbocycles. The number of carbonyl (C=O) groups excluding carboxylic acids is 2. The normalized spacial score (nSPS) is 19.4. The van der Waals surface area contributed by atoms with Crippen molar-refractivity contribution >= 4 is 11.8 Å². The first-order valence-electron chi connectivity index (χ1n) is 6.94. The lowest BCUT2D eigenvalue weighted by Gasteiger charge is -2.25. The van der Waals surface area contributed by atoms with Crippen LogP contribution in [-0.4, -0.2) is 72.6 Å². The van der Waals surface area contributed by atoms with Crippen LogP contribution < -0.4 is 5.32 Å². The van der Waals surface area contributed by atoms with Gasteiger partial charge in [-0.25, -0.2) is 0 Å². The van der Waals surface area contributed by atoms with Crippen molar-refractivity contribution in [3.63, 3.8) is 0 Å². The summed E-state index contributed by atoms with van der Waals surface area (Å²) in [6.07, 6.45) is 2.83. The van der Waals surface area contributed by atoms with Gasteiger partial charge in [0.2, 0.25) is 11.8 Å². The average molecular weight is 271 g/mol. The average Bonchev–Trinajstić information content (AvgIpc) is 2.83. The molecule has 1 saturated heterocycles. The Morgan fingerprint density at radius 2 is 2.21 bits per heavy atom. The zero-order valence-corrected chi connectivity index (χ0v) is 11.9. The van der Waals surface area contributed by atoms with E-state index in [4.69, 9.17) is 0 Å². The first kappa shape index (κ1) is 15.9. The van der Waals surface area contributed by atoms with Gasteiger partial charge in [-0.2, -0.15) is 0 Å². The zero-order chi connectivity index (χ0) is 14.3. The minimum Gasteiger partial charge on any atom is -0.395 e. The lowest BCUT2D eigenvalue weighted by Crippen LogP contribution is -2.45. The van der Waals surface area contributed by atoms with Gasteiger partial charge in [0.15, 0.2) is 0 Å². The highest BCUT2D eigenvalue weighted by molar-refractivity contribution is 5.85. The Morgan fingerprint density at radius 1 is 1.47 bits per heavy atom. The lowest BCUT2D eigenvalue weighted by atomic mass is 10.2. The quantitative estimate of drug-likeness (QED) is 0.650. The first-order chi connectivity index (χ1) is 9.08. The van der Waals surface area contributed by atoms with Crippen LogP contribution >= 0.6 is 0 Å². The topological polar surface area (TPSA) is 72.9 Å². The summed E-state index contributed by atoms with van der Waals surface area (Å²) in [5, 5.41) is 11.9. The number of amides is 2. The van der Waals surface area contributed by atoms with E-state index in [0.717, 1.165) is 25.8 Å². The number of rotatable bonds is 7. The highest BCUT2D eigenvalue weighted by Crippen LogP contribution is 2.16. The molecule has 1 atom stereocenters. The minimum atomic E-state index is -0.127. The maximum Gasteiger partial charge on any atom is 0.239 e. The molecule has 1 rings (SSSR count). The predicted molar refractivity (Wildman–Crippen MR) is 72.6 cm³/mol. The maximum atomic E-state index is 12.0. The highest BCUT2D eigenvalue weighted by Gasteiger charge is 2.26. The van der Waals surface area contributed by atoms with E-state index in [1.54, 1.807) is 7.05 Å². The van der Waals surface area contributed by atoms with Gasteiger partial charge in [-0.05, 0) is 25.8 Å². The molecule has 1 heterocycles. The fraction of sp³-hybridized carbons (Fsp3) is 0.846. The van der Waals surface area contributed by atoms with Crippen LogP contribution in [0.15, 0.2) is 0 Å². The van der Waals surface area contributed by atoms with Crippen molar-refractivity contribution in [2.24, 2.45) is 0 Å². The molecule has 0 aromatic heterocycles. The fourth-order valence-corrected chi connectivity index (χ4v) is 2.23. The lowest BCUT2D eigenvalue weighted by molar-refractivity contribution is -0.135. The SMILES string of the molecule is CCCNC(=O)CN(C)C(=O)CN1CCC[C@H]1CO. The summed E-state index contributed by atoms with van der Waals surface area (Å²) < 4.78 is 0. The van der Waals surface area contributed by atoms with Crippen LogP contribution in [0.1, 0.15) is 26.2 Å². The monoisotopic (exact) mass is 271 g/mol.